The summed E-state index contributed by atoms with van der Waals surface area (Å²) in [7, 11) is 0. The second-order valence-corrected chi connectivity index (χ2v) is 2.25. The topological polar surface area (TPSA) is 32.3 Å². The molecule has 0 spiro atoms. The lowest BCUT2D eigenvalue weighted by Gasteiger charge is -2.08. The number of hydrogen-bond acceptors (Lipinski definition) is 2. The predicted octanol–water partition coefficient (Wildman–Crippen LogP) is -0.0215. The minimum Gasteiger partial charge on any atom is -0.379 e. The molecule has 0 aliphatic rings. The van der Waals surface area contributed by atoms with Gasteiger partial charge >= 0.3 is 0 Å². The van der Waals surface area contributed by atoms with Crippen LogP contribution in [0.4, 0.5) is 0 Å². The lowest BCUT2D eigenvalue weighted by Crippen LogP contribution is -2.30. The Hall–Kier alpha value is -0.520. The van der Waals surface area contributed by atoms with E-state index in [9.17, 15) is 0 Å². The second-order valence-electron chi connectivity index (χ2n) is 2.25. The molecule has 0 rings (SSSR count). The maximum atomic E-state index is 8.81. The molecule has 0 saturated carbocycles. The van der Waals surface area contributed by atoms with E-state index in [0.29, 0.717) is 12.6 Å². The first-order valence-electron chi connectivity index (χ1n) is 3.04. The summed E-state index contributed by atoms with van der Waals surface area (Å²) < 4.78 is 0. The molecule has 0 aromatic heterocycles. The molecular formula is C7H13NO. The van der Waals surface area contributed by atoms with Crippen molar-refractivity contribution in [3.05, 3.63) is 0 Å². The van der Waals surface area contributed by atoms with Crippen molar-refractivity contribution in [3.63, 3.8) is 0 Å². The number of aliphatic hydroxyl groups is 1. The van der Waals surface area contributed by atoms with Gasteiger partial charge in [0.1, 0.15) is 6.10 Å². The Labute approximate surface area is 56.3 Å². The third-order valence-electron chi connectivity index (χ3n) is 0.912. The zero-order chi connectivity index (χ0) is 7.28. The molecule has 0 heterocycles. The van der Waals surface area contributed by atoms with E-state index in [1.54, 1.807) is 0 Å². The van der Waals surface area contributed by atoms with Gasteiger partial charge in [-0.05, 0) is 0 Å². The molecule has 9 heavy (non-hydrogen) atoms. The Morgan fingerprint density at radius 3 is 2.56 bits per heavy atom. The summed E-state index contributed by atoms with van der Waals surface area (Å²) in [6.45, 7) is 4.49. The summed E-state index contributed by atoms with van der Waals surface area (Å²) >= 11 is 0. The third-order valence-corrected chi connectivity index (χ3v) is 0.912. The summed E-state index contributed by atoms with van der Waals surface area (Å²) in [5.74, 6) is 2.21. The van der Waals surface area contributed by atoms with Gasteiger partial charge in [-0.15, -0.1) is 6.42 Å². The van der Waals surface area contributed by atoms with Gasteiger partial charge in [-0.1, -0.05) is 19.8 Å². The molecule has 0 radical (unpaired) electrons. The van der Waals surface area contributed by atoms with Crippen LogP contribution in [0.25, 0.3) is 0 Å². The first-order valence-corrected chi connectivity index (χ1v) is 3.04. The Bertz CT molecular complexity index is 104. The SMILES string of the molecule is C#CC(O)CNC(C)C. The molecule has 0 bridgehead atoms. The van der Waals surface area contributed by atoms with Crippen molar-refractivity contribution >= 4 is 0 Å². The quantitative estimate of drug-likeness (QED) is 0.522. The van der Waals surface area contributed by atoms with Crippen molar-refractivity contribution in [1.29, 1.82) is 0 Å². The molecule has 52 valence electrons. The fourth-order valence-electron chi connectivity index (χ4n) is 0.406. The predicted molar refractivity (Wildman–Crippen MR) is 38.0 cm³/mol. The zero-order valence-corrected chi connectivity index (χ0v) is 5.89. The highest BCUT2D eigenvalue weighted by Gasteiger charge is 1.97. The van der Waals surface area contributed by atoms with Crippen molar-refractivity contribution < 1.29 is 5.11 Å². The molecule has 2 heteroatoms. The number of rotatable bonds is 3. The van der Waals surface area contributed by atoms with Crippen LogP contribution in [0, 0.1) is 12.3 Å². The van der Waals surface area contributed by atoms with Crippen molar-refractivity contribution in [2.75, 3.05) is 6.54 Å². The highest BCUT2D eigenvalue weighted by atomic mass is 16.3. The van der Waals surface area contributed by atoms with Gasteiger partial charge in [0.15, 0.2) is 0 Å². The van der Waals surface area contributed by atoms with E-state index in [4.69, 9.17) is 11.5 Å². The summed E-state index contributed by atoms with van der Waals surface area (Å²) in [5, 5.41) is 11.8. The molecular weight excluding hydrogens is 114 g/mol. The average molecular weight is 127 g/mol. The van der Waals surface area contributed by atoms with Crippen LogP contribution >= 0.6 is 0 Å². The van der Waals surface area contributed by atoms with Crippen LogP contribution in [0.3, 0.4) is 0 Å². The van der Waals surface area contributed by atoms with Gasteiger partial charge in [0.25, 0.3) is 0 Å². The zero-order valence-electron chi connectivity index (χ0n) is 5.89. The van der Waals surface area contributed by atoms with Crippen LogP contribution in [-0.4, -0.2) is 23.8 Å². The first kappa shape index (κ1) is 8.48. The van der Waals surface area contributed by atoms with Gasteiger partial charge in [-0.25, -0.2) is 0 Å². The fourth-order valence-corrected chi connectivity index (χ4v) is 0.406. The van der Waals surface area contributed by atoms with Crippen molar-refractivity contribution in [3.8, 4) is 12.3 Å². The number of terminal acetylenes is 1. The van der Waals surface area contributed by atoms with E-state index in [0.717, 1.165) is 0 Å². The molecule has 0 saturated heterocycles. The van der Waals surface area contributed by atoms with Gasteiger partial charge in [0, 0.05) is 12.6 Å². The normalized spacial score (nSPS) is 13.2. The summed E-state index contributed by atoms with van der Waals surface area (Å²) in [4.78, 5) is 0. The molecule has 0 aromatic carbocycles. The smallest absolute Gasteiger partial charge is 0.126 e. The van der Waals surface area contributed by atoms with Gasteiger partial charge < -0.3 is 10.4 Å². The molecule has 1 atom stereocenters. The van der Waals surface area contributed by atoms with Crippen molar-refractivity contribution in [2.45, 2.75) is 26.0 Å². The number of nitrogens with one attached hydrogen (secondary N) is 1. The van der Waals surface area contributed by atoms with Crippen LogP contribution in [0.15, 0.2) is 0 Å². The summed E-state index contributed by atoms with van der Waals surface area (Å²) in [5.41, 5.74) is 0. The van der Waals surface area contributed by atoms with Crippen molar-refractivity contribution in [1.82, 2.24) is 5.32 Å². The lowest BCUT2D eigenvalue weighted by atomic mass is 10.3. The molecule has 2 nitrogen and oxygen atoms in total. The van der Waals surface area contributed by atoms with E-state index in [1.165, 1.54) is 0 Å². The number of aliphatic hydroxyl groups excluding tert-OH is 1. The van der Waals surface area contributed by atoms with Crippen LogP contribution in [0.5, 0.6) is 0 Å². The Kier molecular flexibility index (Phi) is 4.12. The van der Waals surface area contributed by atoms with Gasteiger partial charge in [0.05, 0.1) is 0 Å². The molecule has 2 N–H and O–H groups in total. The summed E-state index contributed by atoms with van der Waals surface area (Å²) in [6.07, 6.45) is 4.27. The van der Waals surface area contributed by atoms with Gasteiger partial charge in [0.2, 0.25) is 0 Å². The molecule has 0 fully saturated rings. The third kappa shape index (κ3) is 5.35. The van der Waals surface area contributed by atoms with E-state index >= 15 is 0 Å². The van der Waals surface area contributed by atoms with E-state index in [-0.39, 0.29) is 0 Å². The van der Waals surface area contributed by atoms with Crippen LogP contribution in [0.1, 0.15) is 13.8 Å². The average Bonchev–Trinajstić information content (AvgIpc) is 1.83. The van der Waals surface area contributed by atoms with Crippen molar-refractivity contribution in [2.24, 2.45) is 0 Å². The Morgan fingerprint density at radius 1 is 1.67 bits per heavy atom. The van der Waals surface area contributed by atoms with Gasteiger partial charge in [-0.2, -0.15) is 0 Å². The minimum atomic E-state index is -0.646. The highest BCUT2D eigenvalue weighted by molar-refractivity contribution is 4.94. The van der Waals surface area contributed by atoms with E-state index < -0.39 is 6.10 Å². The molecule has 0 amide bonds. The second kappa shape index (κ2) is 4.37. The van der Waals surface area contributed by atoms with Crippen LogP contribution in [-0.2, 0) is 0 Å². The van der Waals surface area contributed by atoms with Crippen LogP contribution in [0.2, 0.25) is 0 Å². The molecule has 1 unspecified atom stereocenters. The van der Waals surface area contributed by atoms with E-state index in [1.807, 2.05) is 13.8 Å². The standard InChI is InChI=1S/C7H13NO/c1-4-7(9)5-8-6(2)3/h1,6-9H,5H2,2-3H3. The maximum Gasteiger partial charge on any atom is 0.126 e. The number of hydrogen-bond donors (Lipinski definition) is 2. The Morgan fingerprint density at radius 2 is 2.22 bits per heavy atom. The highest BCUT2D eigenvalue weighted by Crippen LogP contribution is 1.79. The largest absolute Gasteiger partial charge is 0.379 e. The molecule has 0 aliphatic heterocycles. The minimum absolute atomic E-state index is 0.382. The first-order chi connectivity index (χ1) is 4.16. The molecule has 0 aromatic rings. The van der Waals surface area contributed by atoms with E-state index in [2.05, 4.69) is 11.2 Å². The van der Waals surface area contributed by atoms with Crippen LogP contribution < -0.4 is 5.32 Å². The fraction of sp³-hybridized carbons (Fsp3) is 0.714. The molecule has 0 aliphatic carbocycles. The lowest BCUT2D eigenvalue weighted by molar-refractivity contribution is 0.224. The maximum absolute atomic E-state index is 8.81. The Balaban J connectivity index is 3.19. The van der Waals surface area contributed by atoms with Gasteiger partial charge in [-0.3, -0.25) is 0 Å². The monoisotopic (exact) mass is 127 g/mol. The summed E-state index contributed by atoms with van der Waals surface area (Å²) in [6, 6.07) is 0.382.